The second-order valence-corrected chi connectivity index (χ2v) is 5.74. The highest BCUT2D eigenvalue weighted by molar-refractivity contribution is 5.48. The van der Waals surface area contributed by atoms with Crippen LogP contribution in [0.4, 0.5) is 0 Å². The minimum Gasteiger partial charge on any atom is -0.493 e. The Kier molecular flexibility index (Phi) is 2.78. The number of rotatable bonds is 2. The van der Waals surface area contributed by atoms with Gasteiger partial charge in [0.05, 0.1) is 12.7 Å². The number of para-hydroxylation sites is 1. The van der Waals surface area contributed by atoms with Crippen molar-refractivity contribution in [3.05, 3.63) is 64.7 Å². The summed E-state index contributed by atoms with van der Waals surface area (Å²) in [5.41, 5.74) is 4.85. The van der Waals surface area contributed by atoms with E-state index in [2.05, 4.69) is 30.3 Å². The molecule has 2 atom stereocenters. The van der Waals surface area contributed by atoms with Gasteiger partial charge in [-0.1, -0.05) is 42.5 Å². The maximum absolute atomic E-state index is 10.8. The Balaban J connectivity index is 1.69. The molecule has 0 saturated heterocycles. The van der Waals surface area contributed by atoms with Crippen molar-refractivity contribution in [2.45, 2.75) is 31.3 Å². The first kappa shape index (κ1) is 12.0. The number of benzene rings is 2. The summed E-state index contributed by atoms with van der Waals surface area (Å²) < 4.78 is 5.82. The zero-order valence-electron chi connectivity index (χ0n) is 11.4. The fourth-order valence-corrected chi connectivity index (χ4v) is 3.44. The normalized spacial score (nSPS) is 21.1. The van der Waals surface area contributed by atoms with Crippen molar-refractivity contribution in [1.29, 1.82) is 0 Å². The van der Waals surface area contributed by atoms with E-state index in [1.807, 2.05) is 12.1 Å². The molecule has 0 radical (unpaired) electrons. The van der Waals surface area contributed by atoms with Gasteiger partial charge in [-0.05, 0) is 36.0 Å². The van der Waals surface area contributed by atoms with Gasteiger partial charge in [0.1, 0.15) is 5.75 Å². The Bertz CT molecular complexity index is 648. The second-order valence-electron chi connectivity index (χ2n) is 5.74. The average molecular weight is 266 g/mol. The van der Waals surface area contributed by atoms with Crippen molar-refractivity contribution in [2.75, 3.05) is 6.61 Å². The Hall–Kier alpha value is -1.80. The lowest BCUT2D eigenvalue weighted by Crippen LogP contribution is -2.24. The summed E-state index contributed by atoms with van der Waals surface area (Å²) in [5, 5.41) is 10.8. The molecule has 1 heterocycles. The molecule has 1 N–H and O–H groups in total. The van der Waals surface area contributed by atoms with Crippen molar-refractivity contribution < 1.29 is 9.84 Å². The fraction of sp³-hybridized carbons (Fsp3) is 0.333. The lowest BCUT2D eigenvalue weighted by molar-refractivity contribution is 0.128. The van der Waals surface area contributed by atoms with E-state index in [-0.39, 0.29) is 5.92 Å². The largest absolute Gasteiger partial charge is 0.493 e. The number of hydrogen-bond acceptors (Lipinski definition) is 2. The van der Waals surface area contributed by atoms with E-state index in [0.29, 0.717) is 0 Å². The van der Waals surface area contributed by atoms with E-state index < -0.39 is 6.10 Å². The summed E-state index contributed by atoms with van der Waals surface area (Å²) in [4.78, 5) is 0. The quantitative estimate of drug-likeness (QED) is 0.903. The maximum Gasteiger partial charge on any atom is 0.128 e. The van der Waals surface area contributed by atoms with Gasteiger partial charge in [0.2, 0.25) is 0 Å². The molecule has 2 heteroatoms. The van der Waals surface area contributed by atoms with Gasteiger partial charge in [0.25, 0.3) is 0 Å². The molecule has 0 bridgehead atoms. The number of aryl methyl sites for hydroxylation is 1. The number of aliphatic hydroxyl groups excluding tert-OH is 1. The molecule has 1 aliphatic heterocycles. The van der Waals surface area contributed by atoms with Crippen LogP contribution in [0.5, 0.6) is 5.75 Å². The van der Waals surface area contributed by atoms with Gasteiger partial charge in [-0.25, -0.2) is 0 Å². The van der Waals surface area contributed by atoms with Crippen LogP contribution in [-0.2, 0) is 12.8 Å². The number of fused-ring (bicyclic) bond motifs is 2. The molecular weight excluding hydrogens is 248 g/mol. The van der Waals surface area contributed by atoms with Crippen molar-refractivity contribution in [2.24, 2.45) is 0 Å². The molecule has 0 aromatic heterocycles. The summed E-state index contributed by atoms with van der Waals surface area (Å²) in [6, 6.07) is 14.5. The summed E-state index contributed by atoms with van der Waals surface area (Å²) in [6.07, 6.45) is 2.62. The van der Waals surface area contributed by atoms with Gasteiger partial charge in [0, 0.05) is 11.5 Å². The minimum absolute atomic E-state index is 0.211. The van der Waals surface area contributed by atoms with E-state index in [4.69, 9.17) is 4.74 Å². The molecule has 2 aromatic carbocycles. The Morgan fingerprint density at radius 2 is 1.90 bits per heavy atom. The second kappa shape index (κ2) is 4.64. The SMILES string of the molecule is OC(c1cccc2c1OCCC2)C1Cc2ccccc21. The third-order valence-electron chi connectivity index (χ3n) is 4.56. The first-order chi connectivity index (χ1) is 9.84. The lowest BCUT2D eigenvalue weighted by Gasteiger charge is -2.35. The molecule has 0 fully saturated rings. The van der Waals surface area contributed by atoms with Crippen LogP contribution in [0.25, 0.3) is 0 Å². The molecule has 2 aromatic rings. The van der Waals surface area contributed by atoms with Gasteiger partial charge in [0.15, 0.2) is 0 Å². The van der Waals surface area contributed by atoms with Crippen LogP contribution in [0.2, 0.25) is 0 Å². The molecule has 1 aliphatic carbocycles. The maximum atomic E-state index is 10.8. The Morgan fingerprint density at radius 1 is 1.05 bits per heavy atom. The molecule has 0 amide bonds. The minimum atomic E-state index is -0.460. The summed E-state index contributed by atoms with van der Waals surface area (Å²) in [5.74, 6) is 1.14. The molecular formula is C18H18O2. The molecule has 20 heavy (non-hydrogen) atoms. The van der Waals surface area contributed by atoms with Gasteiger partial charge in [-0.3, -0.25) is 0 Å². The number of hydrogen-bond donors (Lipinski definition) is 1. The molecule has 2 aliphatic rings. The zero-order valence-corrected chi connectivity index (χ0v) is 11.4. The lowest BCUT2D eigenvalue weighted by atomic mass is 9.72. The number of ether oxygens (including phenoxy) is 1. The summed E-state index contributed by atoms with van der Waals surface area (Å²) >= 11 is 0. The summed E-state index contributed by atoms with van der Waals surface area (Å²) in [6.45, 7) is 0.762. The zero-order chi connectivity index (χ0) is 13.5. The van der Waals surface area contributed by atoms with Gasteiger partial charge in [-0.15, -0.1) is 0 Å². The predicted molar refractivity (Wildman–Crippen MR) is 78.1 cm³/mol. The number of aliphatic hydroxyl groups is 1. The molecule has 2 nitrogen and oxygen atoms in total. The van der Waals surface area contributed by atoms with E-state index in [0.717, 1.165) is 37.2 Å². The van der Waals surface area contributed by atoms with Crippen molar-refractivity contribution in [3.8, 4) is 5.75 Å². The topological polar surface area (TPSA) is 29.5 Å². The van der Waals surface area contributed by atoms with Crippen molar-refractivity contribution >= 4 is 0 Å². The van der Waals surface area contributed by atoms with Crippen LogP contribution < -0.4 is 4.74 Å². The van der Waals surface area contributed by atoms with E-state index in [1.54, 1.807) is 0 Å². The molecule has 0 spiro atoms. The molecule has 102 valence electrons. The first-order valence-electron chi connectivity index (χ1n) is 7.35. The highest BCUT2D eigenvalue weighted by Gasteiger charge is 2.34. The average Bonchev–Trinajstić information content (AvgIpc) is 2.48. The predicted octanol–water partition coefficient (Wildman–Crippen LogP) is 3.38. The Labute approximate surface area is 119 Å². The molecule has 4 rings (SSSR count). The summed E-state index contributed by atoms with van der Waals surface area (Å²) in [7, 11) is 0. The van der Waals surface area contributed by atoms with E-state index >= 15 is 0 Å². The van der Waals surface area contributed by atoms with Crippen LogP contribution in [0.1, 0.15) is 40.7 Å². The molecule has 0 saturated carbocycles. The van der Waals surface area contributed by atoms with E-state index in [9.17, 15) is 5.11 Å². The van der Waals surface area contributed by atoms with Crippen molar-refractivity contribution in [3.63, 3.8) is 0 Å². The van der Waals surface area contributed by atoms with E-state index in [1.165, 1.54) is 16.7 Å². The third-order valence-corrected chi connectivity index (χ3v) is 4.56. The van der Waals surface area contributed by atoms with Crippen molar-refractivity contribution in [1.82, 2.24) is 0 Å². The smallest absolute Gasteiger partial charge is 0.128 e. The monoisotopic (exact) mass is 266 g/mol. The fourth-order valence-electron chi connectivity index (χ4n) is 3.44. The Morgan fingerprint density at radius 3 is 2.80 bits per heavy atom. The van der Waals surface area contributed by atoms with Crippen LogP contribution in [0.3, 0.4) is 0 Å². The van der Waals surface area contributed by atoms with Crippen LogP contribution in [0, 0.1) is 0 Å². The van der Waals surface area contributed by atoms with Crippen LogP contribution in [-0.4, -0.2) is 11.7 Å². The van der Waals surface area contributed by atoms with Gasteiger partial charge < -0.3 is 9.84 Å². The third kappa shape index (κ3) is 1.75. The standard InChI is InChI=1S/C18H18O2/c19-17(16-11-13-5-1-2-8-14(13)16)15-9-3-6-12-7-4-10-20-18(12)15/h1-3,5-6,8-9,16-17,19H,4,7,10-11H2. The first-order valence-corrected chi connectivity index (χ1v) is 7.35. The van der Waals surface area contributed by atoms with Gasteiger partial charge in [-0.2, -0.15) is 0 Å². The highest BCUT2D eigenvalue weighted by Crippen LogP contribution is 2.46. The van der Waals surface area contributed by atoms with Gasteiger partial charge >= 0.3 is 0 Å². The van der Waals surface area contributed by atoms with Crippen LogP contribution >= 0.6 is 0 Å². The molecule has 2 unspecified atom stereocenters. The van der Waals surface area contributed by atoms with Crippen LogP contribution in [0.15, 0.2) is 42.5 Å². The highest BCUT2D eigenvalue weighted by atomic mass is 16.5.